The fourth-order valence-corrected chi connectivity index (χ4v) is 7.98. The fraction of sp³-hybridized carbons (Fsp3) is 0. The molecule has 8 aromatic rings. The Hall–Kier alpha value is -5.90. The molecule has 0 unspecified atom stereocenters. The topological polar surface area (TPSA) is 3.24 Å². The molecule has 0 aromatic heterocycles. The van der Waals surface area contributed by atoms with Gasteiger partial charge in [0.15, 0.2) is 0 Å². The predicted molar refractivity (Wildman–Crippen MR) is 204 cm³/mol. The molecule has 1 nitrogen and oxygen atoms in total. The molecular weight excluding hydrogens is 618 g/mol. The summed E-state index contributed by atoms with van der Waals surface area (Å²) < 4.78 is 15.1. The lowest BCUT2D eigenvalue weighted by Gasteiger charge is -2.34. The lowest BCUT2D eigenvalue weighted by molar-refractivity contribution is 0.640. The average molecular weight is 648 g/mol. The summed E-state index contributed by atoms with van der Waals surface area (Å²) in [4.78, 5) is 4.61. The van der Waals surface area contributed by atoms with Crippen LogP contribution in [-0.4, -0.2) is 0 Å². The van der Waals surface area contributed by atoms with Crippen molar-refractivity contribution in [2.45, 2.75) is 9.79 Å². The second kappa shape index (κ2) is 12.3. The monoisotopic (exact) mass is 647 g/mol. The van der Waals surface area contributed by atoms with Crippen molar-refractivity contribution in [3.63, 3.8) is 0 Å². The third-order valence-electron chi connectivity index (χ3n) is 9.36. The van der Waals surface area contributed by atoms with E-state index in [9.17, 15) is 0 Å². The normalized spacial score (nSPS) is 12.1. The van der Waals surface area contributed by atoms with E-state index in [2.05, 4.69) is 138 Å². The molecule has 0 spiro atoms. The number of hydrogen-bond donors (Lipinski definition) is 0. The van der Waals surface area contributed by atoms with E-state index in [1.165, 1.54) is 33.4 Å². The van der Waals surface area contributed by atoms with Crippen molar-refractivity contribution in [2.75, 3.05) is 4.90 Å². The molecule has 0 atom stereocenters. The zero-order chi connectivity index (χ0) is 32.7. The highest BCUT2D eigenvalue weighted by Gasteiger charge is 2.27. The molecule has 0 aliphatic carbocycles. The maximum atomic E-state index is 15.1. The highest BCUT2D eigenvalue weighted by molar-refractivity contribution is 7.99. The standard InChI is InChI=1S/C46H30FNS/c47-41-25-28-42(40-14-8-7-13-39(40)41)48-43-26-23-37(35-19-15-33(16-20-35)31-9-3-1-4-10-31)29-45(43)49-46-30-38(24-27-44(46)48)36-21-17-34(18-22-36)32-11-5-2-6-12-32/h1-30H. The minimum absolute atomic E-state index is 0.213. The summed E-state index contributed by atoms with van der Waals surface area (Å²) in [6, 6.07) is 63.2. The molecular formula is C46H30FNS. The van der Waals surface area contributed by atoms with E-state index in [0.717, 1.165) is 43.4 Å². The molecule has 0 saturated carbocycles. The van der Waals surface area contributed by atoms with E-state index in [0.29, 0.717) is 5.39 Å². The Bertz CT molecular complexity index is 2320. The van der Waals surface area contributed by atoms with E-state index in [1.807, 2.05) is 42.5 Å². The molecule has 232 valence electrons. The number of nitrogens with zero attached hydrogens (tertiary/aromatic N) is 1. The summed E-state index contributed by atoms with van der Waals surface area (Å²) in [6.45, 7) is 0. The molecule has 0 N–H and O–H groups in total. The predicted octanol–water partition coefficient (Wildman–Crippen LogP) is 13.6. The Kier molecular flexibility index (Phi) is 7.33. The van der Waals surface area contributed by atoms with Crippen LogP contribution >= 0.6 is 11.8 Å². The fourth-order valence-electron chi connectivity index (χ4n) is 6.84. The summed E-state index contributed by atoms with van der Waals surface area (Å²) >= 11 is 1.79. The van der Waals surface area contributed by atoms with E-state index in [4.69, 9.17) is 0 Å². The summed E-state index contributed by atoms with van der Waals surface area (Å²) in [5.74, 6) is -0.213. The van der Waals surface area contributed by atoms with Gasteiger partial charge in [-0.25, -0.2) is 4.39 Å². The van der Waals surface area contributed by atoms with E-state index in [-0.39, 0.29) is 5.82 Å². The van der Waals surface area contributed by atoms with Crippen LogP contribution in [-0.2, 0) is 0 Å². The molecule has 9 rings (SSSR count). The lowest BCUT2D eigenvalue weighted by atomic mass is 9.99. The second-order valence-corrected chi connectivity index (χ2v) is 13.4. The maximum Gasteiger partial charge on any atom is 0.131 e. The Labute approximate surface area is 289 Å². The van der Waals surface area contributed by atoms with Crippen LogP contribution in [0.15, 0.2) is 192 Å². The molecule has 8 aromatic carbocycles. The van der Waals surface area contributed by atoms with Crippen molar-refractivity contribution < 1.29 is 4.39 Å². The molecule has 1 aliphatic rings. The van der Waals surface area contributed by atoms with Gasteiger partial charge in [-0.05, 0) is 80.9 Å². The van der Waals surface area contributed by atoms with Crippen molar-refractivity contribution in [1.82, 2.24) is 0 Å². The number of hydrogen-bond acceptors (Lipinski definition) is 2. The van der Waals surface area contributed by atoms with E-state index in [1.54, 1.807) is 17.8 Å². The average Bonchev–Trinajstić information content (AvgIpc) is 3.18. The molecule has 49 heavy (non-hydrogen) atoms. The van der Waals surface area contributed by atoms with Gasteiger partial charge in [0.1, 0.15) is 5.82 Å². The molecule has 1 heterocycles. The van der Waals surface area contributed by atoms with Crippen LogP contribution in [0.1, 0.15) is 0 Å². The Morgan fingerprint density at radius 2 is 0.694 bits per heavy atom. The first-order chi connectivity index (χ1) is 24.2. The van der Waals surface area contributed by atoms with Crippen LogP contribution in [0, 0.1) is 5.82 Å². The zero-order valence-electron chi connectivity index (χ0n) is 26.6. The van der Waals surface area contributed by atoms with Gasteiger partial charge in [-0.15, -0.1) is 0 Å². The van der Waals surface area contributed by atoms with Crippen molar-refractivity contribution in [3.8, 4) is 44.5 Å². The first kappa shape index (κ1) is 29.3. The Morgan fingerprint density at radius 1 is 0.327 bits per heavy atom. The van der Waals surface area contributed by atoms with Gasteiger partial charge in [0.2, 0.25) is 0 Å². The molecule has 0 radical (unpaired) electrons. The number of fused-ring (bicyclic) bond motifs is 3. The van der Waals surface area contributed by atoms with Gasteiger partial charge in [-0.2, -0.15) is 0 Å². The number of anilines is 3. The molecule has 0 fully saturated rings. The molecule has 0 amide bonds. The first-order valence-corrected chi connectivity index (χ1v) is 17.3. The van der Waals surface area contributed by atoms with Gasteiger partial charge in [-0.1, -0.05) is 157 Å². The number of rotatable bonds is 5. The quantitative estimate of drug-likeness (QED) is 0.183. The van der Waals surface area contributed by atoms with Gasteiger partial charge in [0, 0.05) is 20.6 Å². The van der Waals surface area contributed by atoms with E-state index < -0.39 is 0 Å². The van der Waals surface area contributed by atoms with Gasteiger partial charge >= 0.3 is 0 Å². The van der Waals surface area contributed by atoms with E-state index >= 15 is 4.39 Å². The SMILES string of the molecule is Fc1ccc(N2c3ccc(-c4ccc(-c5ccccc5)cc4)cc3Sc3cc(-c4ccc(-c5ccccc5)cc4)ccc32)c2ccccc12. The highest BCUT2D eigenvalue weighted by atomic mass is 32.2. The minimum atomic E-state index is -0.213. The molecule has 0 bridgehead atoms. The Morgan fingerprint density at radius 3 is 1.18 bits per heavy atom. The second-order valence-electron chi connectivity index (χ2n) is 12.3. The third-order valence-corrected chi connectivity index (χ3v) is 10.5. The van der Waals surface area contributed by atoms with Gasteiger partial charge in [0.05, 0.1) is 17.1 Å². The smallest absolute Gasteiger partial charge is 0.131 e. The highest BCUT2D eigenvalue weighted by Crippen LogP contribution is 2.54. The maximum absolute atomic E-state index is 15.1. The van der Waals surface area contributed by atoms with Crippen LogP contribution < -0.4 is 4.90 Å². The number of halogens is 1. The largest absolute Gasteiger partial charge is 0.308 e. The lowest BCUT2D eigenvalue weighted by Crippen LogP contribution is -2.15. The van der Waals surface area contributed by atoms with Gasteiger partial charge in [0.25, 0.3) is 0 Å². The molecule has 3 heteroatoms. The van der Waals surface area contributed by atoms with Crippen molar-refractivity contribution in [2.24, 2.45) is 0 Å². The zero-order valence-corrected chi connectivity index (χ0v) is 27.4. The van der Waals surface area contributed by atoms with Crippen LogP contribution in [0.25, 0.3) is 55.3 Å². The first-order valence-electron chi connectivity index (χ1n) is 16.4. The number of benzene rings is 8. The molecule has 0 saturated heterocycles. The summed E-state index contributed by atoms with van der Waals surface area (Å²) in [6.07, 6.45) is 0. The summed E-state index contributed by atoms with van der Waals surface area (Å²) in [7, 11) is 0. The Balaban J connectivity index is 1.15. The van der Waals surface area contributed by atoms with Crippen LogP contribution in [0.5, 0.6) is 0 Å². The van der Waals surface area contributed by atoms with Gasteiger partial charge < -0.3 is 4.90 Å². The van der Waals surface area contributed by atoms with Gasteiger partial charge in [-0.3, -0.25) is 0 Å². The van der Waals surface area contributed by atoms with Crippen LogP contribution in [0.2, 0.25) is 0 Å². The van der Waals surface area contributed by atoms with Crippen LogP contribution in [0.4, 0.5) is 21.5 Å². The summed E-state index contributed by atoms with van der Waals surface area (Å²) in [5, 5.41) is 1.50. The van der Waals surface area contributed by atoms with Crippen molar-refractivity contribution >= 4 is 39.6 Å². The third kappa shape index (κ3) is 5.39. The summed E-state index contributed by atoms with van der Waals surface area (Å²) in [5.41, 5.74) is 12.6. The molecule has 1 aliphatic heterocycles. The van der Waals surface area contributed by atoms with Crippen molar-refractivity contribution in [1.29, 1.82) is 0 Å². The van der Waals surface area contributed by atoms with Crippen molar-refractivity contribution in [3.05, 3.63) is 188 Å². The van der Waals surface area contributed by atoms with Crippen LogP contribution in [0.3, 0.4) is 0 Å². The minimum Gasteiger partial charge on any atom is -0.308 e.